The van der Waals surface area contributed by atoms with Gasteiger partial charge < -0.3 is 15.2 Å². The molecule has 3 nitrogen and oxygen atoms in total. The Hall–Kier alpha value is -1.50. The number of rotatable bonds is 4. The summed E-state index contributed by atoms with van der Waals surface area (Å²) in [6.07, 6.45) is 6.65. The predicted molar refractivity (Wildman–Crippen MR) is 80.6 cm³/mol. The van der Waals surface area contributed by atoms with Crippen LogP contribution in [0.25, 0.3) is 0 Å². The van der Waals surface area contributed by atoms with Crippen molar-refractivity contribution in [3.63, 3.8) is 0 Å². The van der Waals surface area contributed by atoms with Crippen molar-refractivity contribution in [2.75, 3.05) is 13.7 Å². The standard InChI is InChI=1S/C17H23NO2/c1-19-17-10-9-14(6-5-11-18)12-15(17)13-20-16-7-3-2-4-8-16/h9-10,12,16H,2-4,7-8,11,13,18H2,1H3. The number of hydrogen-bond acceptors (Lipinski definition) is 3. The van der Waals surface area contributed by atoms with Crippen LogP contribution in [0.5, 0.6) is 5.75 Å². The molecule has 20 heavy (non-hydrogen) atoms. The molecular weight excluding hydrogens is 250 g/mol. The van der Waals surface area contributed by atoms with Gasteiger partial charge in [-0.1, -0.05) is 31.1 Å². The molecule has 1 fully saturated rings. The molecule has 2 rings (SSSR count). The molecule has 0 aliphatic heterocycles. The summed E-state index contributed by atoms with van der Waals surface area (Å²) in [5.41, 5.74) is 7.42. The second-order valence-corrected chi connectivity index (χ2v) is 5.10. The monoisotopic (exact) mass is 273 g/mol. The maximum absolute atomic E-state index is 6.02. The van der Waals surface area contributed by atoms with E-state index in [0.717, 1.165) is 16.9 Å². The van der Waals surface area contributed by atoms with Crippen LogP contribution in [0, 0.1) is 11.8 Å². The third-order valence-corrected chi connectivity index (χ3v) is 3.64. The topological polar surface area (TPSA) is 44.5 Å². The van der Waals surface area contributed by atoms with Gasteiger partial charge in [0, 0.05) is 11.1 Å². The highest BCUT2D eigenvalue weighted by atomic mass is 16.5. The van der Waals surface area contributed by atoms with Crippen LogP contribution >= 0.6 is 0 Å². The molecule has 0 saturated heterocycles. The van der Waals surface area contributed by atoms with Gasteiger partial charge in [-0.15, -0.1) is 0 Å². The summed E-state index contributed by atoms with van der Waals surface area (Å²) in [7, 11) is 1.69. The van der Waals surface area contributed by atoms with Crippen molar-refractivity contribution in [1.29, 1.82) is 0 Å². The third-order valence-electron chi connectivity index (χ3n) is 3.64. The molecular formula is C17H23NO2. The Kier molecular flexibility index (Phi) is 5.91. The van der Waals surface area contributed by atoms with E-state index < -0.39 is 0 Å². The Morgan fingerprint density at radius 2 is 2.05 bits per heavy atom. The summed E-state index contributed by atoms with van der Waals surface area (Å²) >= 11 is 0. The average Bonchev–Trinajstić information content (AvgIpc) is 2.52. The van der Waals surface area contributed by atoms with E-state index in [2.05, 4.69) is 11.8 Å². The molecule has 108 valence electrons. The number of hydrogen-bond donors (Lipinski definition) is 1. The van der Waals surface area contributed by atoms with Gasteiger partial charge in [-0.25, -0.2) is 0 Å². The Bertz CT molecular complexity index is 481. The van der Waals surface area contributed by atoms with Crippen molar-refractivity contribution in [3.05, 3.63) is 29.3 Å². The van der Waals surface area contributed by atoms with Gasteiger partial charge in [-0.3, -0.25) is 0 Å². The molecule has 1 aromatic rings. The Balaban J connectivity index is 2.03. The van der Waals surface area contributed by atoms with E-state index >= 15 is 0 Å². The van der Waals surface area contributed by atoms with Crippen LogP contribution in [0.1, 0.15) is 43.2 Å². The highest BCUT2D eigenvalue weighted by molar-refractivity contribution is 5.44. The number of benzene rings is 1. The van der Waals surface area contributed by atoms with E-state index in [0.29, 0.717) is 19.3 Å². The molecule has 0 spiro atoms. The minimum absolute atomic E-state index is 0.375. The van der Waals surface area contributed by atoms with Crippen LogP contribution in [0.15, 0.2) is 18.2 Å². The smallest absolute Gasteiger partial charge is 0.124 e. The molecule has 0 atom stereocenters. The molecule has 0 amide bonds. The number of ether oxygens (including phenoxy) is 2. The van der Waals surface area contributed by atoms with Crippen molar-refractivity contribution in [3.8, 4) is 17.6 Å². The maximum atomic E-state index is 6.02. The summed E-state index contributed by atoms with van der Waals surface area (Å²) in [5.74, 6) is 6.78. The lowest BCUT2D eigenvalue weighted by Crippen LogP contribution is -2.16. The van der Waals surface area contributed by atoms with Crippen molar-refractivity contribution in [1.82, 2.24) is 0 Å². The SMILES string of the molecule is COc1ccc(C#CCN)cc1COC1CCCCC1. The normalized spacial score (nSPS) is 15.5. The second kappa shape index (κ2) is 7.94. The van der Waals surface area contributed by atoms with Gasteiger partial charge in [0.25, 0.3) is 0 Å². The van der Waals surface area contributed by atoms with Gasteiger partial charge in [0.15, 0.2) is 0 Å². The highest BCUT2D eigenvalue weighted by Gasteiger charge is 2.14. The van der Waals surface area contributed by atoms with Crippen LogP contribution in [0.4, 0.5) is 0 Å². The third kappa shape index (κ3) is 4.26. The Labute approximate surface area is 121 Å². The zero-order chi connectivity index (χ0) is 14.2. The Morgan fingerprint density at radius 3 is 2.75 bits per heavy atom. The lowest BCUT2D eigenvalue weighted by Gasteiger charge is -2.22. The molecule has 1 aromatic carbocycles. The fourth-order valence-corrected chi connectivity index (χ4v) is 2.56. The van der Waals surface area contributed by atoms with Gasteiger partial charge in [-0.05, 0) is 31.0 Å². The first-order valence-corrected chi connectivity index (χ1v) is 7.31. The van der Waals surface area contributed by atoms with E-state index in [1.165, 1.54) is 32.1 Å². The second-order valence-electron chi connectivity index (χ2n) is 5.10. The maximum Gasteiger partial charge on any atom is 0.124 e. The van der Waals surface area contributed by atoms with Gasteiger partial charge in [-0.2, -0.15) is 0 Å². The van der Waals surface area contributed by atoms with Crippen molar-refractivity contribution in [2.45, 2.75) is 44.8 Å². The van der Waals surface area contributed by atoms with Crippen molar-refractivity contribution >= 4 is 0 Å². The van der Waals surface area contributed by atoms with Crippen LogP contribution < -0.4 is 10.5 Å². The van der Waals surface area contributed by atoms with Crippen LogP contribution in [0.3, 0.4) is 0 Å². The summed E-state index contributed by atoms with van der Waals surface area (Å²) in [6, 6.07) is 5.93. The lowest BCUT2D eigenvalue weighted by atomic mass is 9.98. The summed E-state index contributed by atoms with van der Waals surface area (Å²) < 4.78 is 11.4. The van der Waals surface area contributed by atoms with Crippen molar-refractivity contribution in [2.24, 2.45) is 5.73 Å². The first kappa shape index (κ1) is 14.9. The Morgan fingerprint density at radius 1 is 1.25 bits per heavy atom. The molecule has 2 N–H and O–H groups in total. The quantitative estimate of drug-likeness (QED) is 0.858. The van der Waals surface area contributed by atoms with E-state index in [9.17, 15) is 0 Å². The highest BCUT2D eigenvalue weighted by Crippen LogP contribution is 2.25. The molecule has 0 heterocycles. The van der Waals surface area contributed by atoms with Crippen LogP contribution in [-0.4, -0.2) is 19.8 Å². The predicted octanol–water partition coefficient (Wildman–Crippen LogP) is 2.85. The van der Waals surface area contributed by atoms with Crippen molar-refractivity contribution < 1.29 is 9.47 Å². The molecule has 1 aliphatic rings. The largest absolute Gasteiger partial charge is 0.496 e. The van der Waals surface area contributed by atoms with Gasteiger partial charge in [0.1, 0.15) is 5.75 Å². The molecule has 1 saturated carbocycles. The zero-order valence-electron chi connectivity index (χ0n) is 12.2. The number of nitrogens with two attached hydrogens (primary N) is 1. The summed E-state index contributed by atoms with van der Waals surface area (Å²) in [6.45, 7) is 0.964. The summed E-state index contributed by atoms with van der Waals surface area (Å²) in [4.78, 5) is 0. The fourth-order valence-electron chi connectivity index (χ4n) is 2.56. The average molecular weight is 273 g/mol. The summed E-state index contributed by atoms with van der Waals surface area (Å²) in [5, 5.41) is 0. The first-order chi connectivity index (χ1) is 9.83. The van der Waals surface area contributed by atoms with E-state index in [1.54, 1.807) is 7.11 Å². The van der Waals surface area contributed by atoms with E-state index in [1.807, 2.05) is 18.2 Å². The molecule has 3 heteroatoms. The van der Waals surface area contributed by atoms with E-state index in [-0.39, 0.29) is 0 Å². The van der Waals surface area contributed by atoms with Gasteiger partial charge in [0.2, 0.25) is 0 Å². The molecule has 0 radical (unpaired) electrons. The first-order valence-electron chi connectivity index (χ1n) is 7.31. The van der Waals surface area contributed by atoms with Crippen LogP contribution in [0.2, 0.25) is 0 Å². The van der Waals surface area contributed by atoms with E-state index in [4.69, 9.17) is 15.2 Å². The van der Waals surface area contributed by atoms with Gasteiger partial charge in [0.05, 0.1) is 26.4 Å². The molecule has 0 unspecified atom stereocenters. The minimum Gasteiger partial charge on any atom is -0.496 e. The number of methoxy groups -OCH3 is 1. The molecule has 1 aliphatic carbocycles. The zero-order valence-corrected chi connectivity index (χ0v) is 12.2. The van der Waals surface area contributed by atoms with Gasteiger partial charge >= 0.3 is 0 Å². The minimum atomic E-state index is 0.375. The van der Waals surface area contributed by atoms with Crippen LogP contribution in [-0.2, 0) is 11.3 Å². The molecule has 0 aromatic heterocycles. The molecule has 0 bridgehead atoms. The fraction of sp³-hybridized carbons (Fsp3) is 0.529. The lowest BCUT2D eigenvalue weighted by molar-refractivity contribution is 0.0160.